The van der Waals surface area contributed by atoms with E-state index in [2.05, 4.69) is 9.82 Å². The molecule has 0 atom stereocenters. The lowest BCUT2D eigenvalue weighted by molar-refractivity contribution is 0.0933. The zero-order chi connectivity index (χ0) is 14.0. The topological polar surface area (TPSA) is 64.0 Å². The fourth-order valence-electron chi connectivity index (χ4n) is 1.89. The lowest BCUT2D eigenvalue weighted by Crippen LogP contribution is -2.32. The Hall–Kier alpha value is -1.36. The average molecular weight is 272 g/mol. The first-order valence-electron chi connectivity index (χ1n) is 5.85. The molecule has 1 N–H and O–H groups in total. The van der Waals surface area contributed by atoms with Gasteiger partial charge in [0.1, 0.15) is 0 Å². The summed E-state index contributed by atoms with van der Waals surface area (Å²) in [5.74, 6) is -0.257. The molecular weight excluding hydrogens is 254 g/mol. The predicted molar refractivity (Wildman–Crippen MR) is 72.5 cm³/mol. The third-order valence-corrected chi connectivity index (χ3v) is 2.84. The third kappa shape index (κ3) is 2.56. The van der Waals surface area contributed by atoms with Crippen LogP contribution in [0.15, 0.2) is 4.79 Å². The second-order valence-corrected chi connectivity index (χ2v) is 4.99. The molecule has 1 aromatic rings. The summed E-state index contributed by atoms with van der Waals surface area (Å²) >= 11 is 5.53. The highest BCUT2D eigenvalue weighted by atomic mass is 35.5. The predicted octanol–water partition coefficient (Wildman–Crippen LogP) is 2.72. The van der Waals surface area contributed by atoms with Gasteiger partial charge in [0.05, 0.1) is 5.69 Å². The van der Waals surface area contributed by atoms with Gasteiger partial charge in [-0.15, -0.1) is 0 Å². The molecule has 0 aromatic carbocycles. The monoisotopic (exact) mass is 271 g/mol. The molecule has 0 amide bonds. The molecule has 6 heteroatoms. The summed E-state index contributed by atoms with van der Waals surface area (Å²) < 4.78 is 0.966. The number of nitrogens with zero attached hydrogens (tertiary/aromatic N) is 2. The molecule has 1 rings (SSSR count). The summed E-state index contributed by atoms with van der Waals surface area (Å²) in [6.07, 6.45) is 0. The van der Waals surface area contributed by atoms with Gasteiger partial charge in [-0.2, -0.15) is 0 Å². The van der Waals surface area contributed by atoms with Gasteiger partial charge in [0.15, 0.2) is 0 Å². The lowest BCUT2D eigenvalue weighted by atomic mass is 9.96. The molecule has 0 fully saturated rings. The number of carbonyl (C=O) groups is 1. The fraction of sp³-hybridized carbons (Fsp3) is 0.583. The standard InChI is InChI=1S/C12H18ClN3O2/c1-6(2)9-10(7(3)4)14-12(15-13)16(8(5)17)11(9)18/h6-7H,1-5H3,(H,14,15). The lowest BCUT2D eigenvalue weighted by Gasteiger charge is -2.17. The van der Waals surface area contributed by atoms with Crippen molar-refractivity contribution in [3.8, 4) is 0 Å². The van der Waals surface area contributed by atoms with E-state index in [1.807, 2.05) is 27.7 Å². The summed E-state index contributed by atoms with van der Waals surface area (Å²) in [6, 6.07) is 0. The van der Waals surface area contributed by atoms with Crippen molar-refractivity contribution in [1.29, 1.82) is 0 Å². The van der Waals surface area contributed by atoms with Crippen molar-refractivity contribution < 1.29 is 4.79 Å². The Bertz CT molecular complexity index is 521. The minimum atomic E-state index is -0.409. The summed E-state index contributed by atoms with van der Waals surface area (Å²) in [5.41, 5.74) is 0.894. The van der Waals surface area contributed by atoms with Crippen LogP contribution in [0.4, 0.5) is 5.95 Å². The molecule has 5 nitrogen and oxygen atoms in total. The molecule has 0 aliphatic carbocycles. The van der Waals surface area contributed by atoms with E-state index in [-0.39, 0.29) is 23.3 Å². The summed E-state index contributed by atoms with van der Waals surface area (Å²) in [6.45, 7) is 9.01. The van der Waals surface area contributed by atoms with Crippen LogP contribution in [0.5, 0.6) is 0 Å². The molecule has 0 aliphatic heterocycles. The zero-order valence-corrected chi connectivity index (χ0v) is 12.0. The van der Waals surface area contributed by atoms with Crippen LogP contribution in [0, 0.1) is 0 Å². The fourth-order valence-corrected chi connectivity index (χ4v) is 2.02. The van der Waals surface area contributed by atoms with Crippen molar-refractivity contribution in [2.45, 2.75) is 46.5 Å². The Labute approximate surface area is 111 Å². The summed E-state index contributed by atoms with van der Waals surface area (Å²) in [7, 11) is 0. The molecule has 1 heterocycles. The minimum Gasteiger partial charge on any atom is -0.274 e. The zero-order valence-electron chi connectivity index (χ0n) is 11.2. The van der Waals surface area contributed by atoms with E-state index in [4.69, 9.17) is 11.8 Å². The molecule has 100 valence electrons. The van der Waals surface area contributed by atoms with Gasteiger partial charge in [-0.3, -0.25) is 14.4 Å². The molecule has 0 saturated carbocycles. The van der Waals surface area contributed by atoms with E-state index in [0.29, 0.717) is 11.3 Å². The van der Waals surface area contributed by atoms with Gasteiger partial charge in [0, 0.05) is 24.3 Å². The van der Waals surface area contributed by atoms with E-state index < -0.39 is 5.91 Å². The molecule has 0 saturated heterocycles. The molecule has 0 spiro atoms. The number of aromatic nitrogens is 2. The maximum absolute atomic E-state index is 12.4. The van der Waals surface area contributed by atoms with Crippen molar-refractivity contribution in [2.75, 3.05) is 4.84 Å². The van der Waals surface area contributed by atoms with Crippen LogP contribution in [0.25, 0.3) is 0 Å². The Morgan fingerprint density at radius 2 is 1.83 bits per heavy atom. The molecular formula is C12H18ClN3O2. The van der Waals surface area contributed by atoms with Crippen LogP contribution in [0.3, 0.4) is 0 Å². The van der Waals surface area contributed by atoms with Crippen LogP contribution in [-0.4, -0.2) is 15.5 Å². The van der Waals surface area contributed by atoms with Gasteiger partial charge < -0.3 is 0 Å². The normalized spacial score (nSPS) is 11.1. The Morgan fingerprint density at radius 1 is 1.28 bits per heavy atom. The number of carbonyl (C=O) groups excluding carboxylic acids is 1. The Balaban J connectivity index is 3.74. The van der Waals surface area contributed by atoms with Crippen molar-refractivity contribution >= 4 is 23.6 Å². The second-order valence-electron chi connectivity index (χ2n) is 4.80. The molecule has 0 bridgehead atoms. The first-order chi connectivity index (χ1) is 8.31. The first kappa shape index (κ1) is 14.7. The number of hydrogen-bond donors (Lipinski definition) is 1. The van der Waals surface area contributed by atoms with Gasteiger partial charge >= 0.3 is 0 Å². The smallest absolute Gasteiger partial charge is 0.265 e. The molecule has 0 unspecified atom stereocenters. The Morgan fingerprint density at radius 3 is 2.17 bits per heavy atom. The van der Waals surface area contributed by atoms with Gasteiger partial charge in [-0.1, -0.05) is 27.7 Å². The van der Waals surface area contributed by atoms with Crippen molar-refractivity contribution in [3.05, 3.63) is 21.6 Å². The SMILES string of the molecule is CC(=O)n1c(NCl)nc(C(C)C)c(C(C)C)c1=O. The minimum absolute atomic E-state index is 0.00243. The van der Waals surface area contributed by atoms with E-state index in [1.165, 1.54) is 6.92 Å². The molecule has 18 heavy (non-hydrogen) atoms. The third-order valence-electron chi connectivity index (χ3n) is 2.67. The highest BCUT2D eigenvalue weighted by molar-refractivity contribution is 6.23. The van der Waals surface area contributed by atoms with Gasteiger partial charge in [0.2, 0.25) is 11.9 Å². The molecule has 0 radical (unpaired) electrons. The molecule has 0 aliphatic rings. The maximum atomic E-state index is 12.4. The van der Waals surface area contributed by atoms with Crippen LogP contribution < -0.4 is 10.4 Å². The number of rotatable bonds is 3. The number of anilines is 1. The van der Waals surface area contributed by atoms with E-state index in [1.54, 1.807) is 0 Å². The highest BCUT2D eigenvalue weighted by Crippen LogP contribution is 2.23. The first-order valence-corrected chi connectivity index (χ1v) is 6.23. The average Bonchev–Trinajstić information content (AvgIpc) is 2.25. The van der Waals surface area contributed by atoms with Gasteiger partial charge in [0.25, 0.3) is 5.56 Å². The van der Waals surface area contributed by atoms with Gasteiger partial charge in [-0.25, -0.2) is 9.55 Å². The number of hydrogen-bond acceptors (Lipinski definition) is 4. The van der Waals surface area contributed by atoms with E-state index in [0.717, 1.165) is 4.57 Å². The van der Waals surface area contributed by atoms with Crippen LogP contribution in [0.1, 0.15) is 62.5 Å². The van der Waals surface area contributed by atoms with Crippen LogP contribution in [0.2, 0.25) is 0 Å². The Kier molecular flexibility index (Phi) is 4.51. The van der Waals surface area contributed by atoms with E-state index in [9.17, 15) is 9.59 Å². The quantitative estimate of drug-likeness (QED) is 0.859. The van der Waals surface area contributed by atoms with Crippen molar-refractivity contribution in [2.24, 2.45) is 0 Å². The van der Waals surface area contributed by atoms with Crippen LogP contribution in [-0.2, 0) is 0 Å². The summed E-state index contributed by atoms with van der Waals surface area (Å²) in [5, 5.41) is 0. The van der Waals surface area contributed by atoms with Crippen molar-refractivity contribution in [3.63, 3.8) is 0 Å². The highest BCUT2D eigenvalue weighted by Gasteiger charge is 2.22. The van der Waals surface area contributed by atoms with Gasteiger partial charge in [-0.05, 0) is 11.8 Å². The molecule has 1 aromatic heterocycles. The van der Waals surface area contributed by atoms with Crippen molar-refractivity contribution in [1.82, 2.24) is 9.55 Å². The number of halogens is 1. The summed E-state index contributed by atoms with van der Waals surface area (Å²) in [4.78, 5) is 30.5. The van der Waals surface area contributed by atoms with Crippen LogP contribution >= 0.6 is 11.8 Å². The maximum Gasteiger partial charge on any atom is 0.265 e. The number of nitrogens with one attached hydrogen (secondary N) is 1. The van der Waals surface area contributed by atoms with E-state index >= 15 is 0 Å². The second kappa shape index (κ2) is 5.52. The largest absolute Gasteiger partial charge is 0.274 e.